The summed E-state index contributed by atoms with van der Waals surface area (Å²) in [6.07, 6.45) is 0. The minimum Gasteiger partial charge on any atom is -0.493 e. The first kappa shape index (κ1) is 19.7. The molecule has 0 saturated heterocycles. The summed E-state index contributed by atoms with van der Waals surface area (Å²) in [5, 5.41) is 0. The number of ether oxygens (including phenoxy) is 4. The van der Waals surface area contributed by atoms with Crippen molar-refractivity contribution in [3.63, 3.8) is 0 Å². The molecule has 1 aromatic carbocycles. The Kier molecular flexibility index (Phi) is 9.63. The molecule has 0 heterocycles. The van der Waals surface area contributed by atoms with E-state index in [9.17, 15) is 0 Å². The monoisotopic (exact) mass is 326 g/mol. The Morgan fingerprint density at radius 2 is 1.74 bits per heavy atom. The molecule has 0 saturated carbocycles. The van der Waals surface area contributed by atoms with Gasteiger partial charge in [0.15, 0.2) is 11.5 Å². The molecule has 0 aromatic heterocycles. The van der Waals surface area contributed by atoms with Gasteiger partial charge in [-0.25, -0.2) is 0 Å². The average molecular weight is 326 g/mol. The van der Waals surface area contributed by atoms with Crippen molar-refractivity contribution in [3.05, 3.63) is 23.8 Å². The third-order valence-corrected chi connectivity index (χ3v) is 3.71. The number of nitrogens with two attached hydrogens (primary N) is 1. The van der Waals surface area contributed by atoms with Gasteiger partial charge in [0.05, 0.1) is 33.0 Å². The number of hydrogen-bond donors (Lipinski definition) is 1. The second-order valence-corrected chi connectivity index (χ2v) is 5.08. The normalized spacial score (nSPS) is 12.4. The Labute approximate surface area is 139 Å². The van der Waals surface area contributed by atoms with Gasteiger partial charge >= 0.3 is 0 Å². The highest BCUT2D eigenvalue weighted by Crippen LogP contribution is 2.36. The number of nitrogens with zero attached hydrogens (tertiary/aromatic N) is 1. The zero-order valence-corrected chi connectivity index (χ0v) is 14.7. The van der Waals surface area contributed by atoms with Crippen molar-refractivity contribution in [1.82, 2.24) is 4.90 Å². The Morgan fingerprint density at radius 1 is 1.09 bits per heavy atom. The summed E-state index contributed by atoms with van der Waals surface area (Å²) in [5.74, 6) is 1.48. The molecule has 2 N–H and O–H groups in total. The van der Waals surface area contributed by atoms with Crippen LogP contribution in [0, 0.1) is 0 Å². The van der Waals surface area contributed by atoms with Crippen LogP contribution in [0.2, 0.25) is 0 Å². The number of hydrogen-bond acceptors (Lipinski definition) is 6. The van der Waals surface area contributed by atoms with E-state index in [0.29, 0.717) is 26.4 Å². The summed E-state index contributed by atoms with van der Waals surface area (Å²) in [6.45, 7) is 5.81. The molecule has 1 atom stereocenters. The quantitative estimate of drug-likeness (QED) is 0.630. The van der Waals surface area contributed by atoms with Gasteiger partial charge < -0.3 is 24.7 Å². The summed E-state index contributed by atoms with van der Waals surface area (Å²) in [5.41, 5.74) is 7.11. The fourth-order valence-electron chi connectivity index (χ4n) is 2.57. The van der Waals surface area contributed by atoms with E-state index < -0.39 is 0 Å². The van der Waals surface area contributed by atoms with Gasteiger partial charge in [0.25, 0.3) is 0 Å². The fraction of sp³-hybridized carbons (Fsp3) is 0.647. The molecular formula is C17H30N2O4. The van der Waals surface area contributed by atoms with Gasteiger partial charge in [-0.2, -0.15) is 0 Å². The molecule has 0 amide bonds. The van der Waals surface area contributed by atoms with Gasteiger partial charge in [-0.1, -0.05) is 12.1 Å². The van der Waals surface area contributed by atoms with Crippen LogP contribution in [-0.4, -0.2) is 65.7 Å². The van der Waals surface area contributed by atoms with E-state index in [2.05, 4.69) is 4.90 Å². The van der Waals surface area contributed by atoms with E-state index in [0.717, 1.165) is 30.2 Å². The highest BCUT2D eigenvalue weighted by Gasteiger charge is 2.24. The Balaban J connectivity index is 3.13. The number of para-hydroxylation sites is 1. The van der Waals surface area contributed by atoms with Gasteiger partial charge in [0.1, 0.15) is 0 Å². The first-order chi connectivity index (χ1) is 11.2. The molecule has 1 rings (SSSR count). The lowest BCUT2D eigenvalue weighted by Crippen LogP contribution is -2.38. The molecule has 23 heavy (non-hydrogen) atoms. The largest absolute Gasteiger partial charge is 0.493 e. The Morgan fingerprint density at radius 3 is 2.22 bits per heavy atom. The Hall–Kier alpha value is -1.34. The SMILES string of the molecule is CCOc1c(OC)cccc1C(CN)N(CCOC)CCOC. The van der Waals surface area contributed by atoms with Crippen molar-refractivity contribution in [3.8, 4) is 11.5 Å². The molecular weight excluding hydrogens is 296 g/mol. The van der Waals surface area contributed by atoms with Gasteiger partial charge in [-0.05, 0) is 13.0 Å². The lowest BCUT2D eigenvalue weighted by molar-refractivity contribution is 0.0879. The maximum Gasteiger partial charge on any atom is 0.165 e. The summed E-state index contributed by atoms with van der Waals surface area (Å²) < 4.78 is 21.7. The minimum absolute atomic E-state index is 0.0111. The van der Waals surface area contributed by atoms with Crippen LogP contribution in [0.5, 0.6) is 11.5 Å². The van der Waals surface area contributed by atoms with Gasteiger partial charge in [-0.15, -0.1) is 0 Å². The number of rotatable bonds is 12. The Bertz CT molecular complexity index is 435. The van der Waals surface area contributed by atoms with E-state index >= 15 is 0 Å². The average Bonchev–Trinajstić information content (AvgIpc) is 2.58. The van der Waals surface area contributed by atoms with Crippen molar-refractivity contribution in [2.75, 3.05) is 60.8 Å². The highest BCUT2D eigenvalue weighted by molar-refractivity contribution is 5.48. The summed E-state index contributed by atoms with van der Waals surface area (Å²) >= 11 is 0. The molecule has 0 fully saturated rings. The van der Waals surface area contributed by atoms with Crippen molar-refractivity contribution in [2.24, 2.45) is 5.73 Å². The standard InChI is InChI=1S/C17H30N2O4/c1-5-23-17-14(7-6-8-16(17)22-4)15(13-18)19(9-11-20-2)10-12-21-3/h6-8,15H,5,9-13,18H2,1-4H3. The molecule has 6 nitrogen and oxygen atoms in total. The van der Waals surface area contributed by atoms with E-state index in [4.69, 9.17) is 24.7 Å². The van der Waals surface area contributed by atoms with E-state index in [1.807, 2.05) is 25.1 Å². The molecule has 1 aromatic rings. The minimum atomic E-state index is 0.0111. The van der Waals surface area contributed by atoms with Crippen LogP contribution in [-0.2, 0) is 9.47 Å². The second kappa shape index (κ2) is 11.2. The smallest absolute Gasteiger partial charge is 0.165 e. The molecule has 0 aliphatic carbocycles. The summed E-state index contributed by atoms with van der Waals surface area (Å²) in [4.78, 5) is 2.25. The third-order valence-electron chi connectivity index (χ3n) is 3.71. The highest BCUT2D eigenvalue weighted by atomic mass is 16.5. The van der Waals surface area contributed by atoms with Crippen LogP contribution in [0.4, 0.5) is 0 Å². The molecule has 132 valence electrons. The van der Waals surface area contributed by atoms with Gasteiger partial charge in [-0.3, -0.25) is 4.90 Å². The first-order valence-electron chi connectivity index (χ1n) is 7.95. The molecule has 0 radical (unpaired) electrons. The van der Waals surface area contributed by atoms with Crippen LogP contribution >= 0.6 is 0 Å². The van der Waals surface area contributed by atoms with Crippen molar-refractivity contribution in [1.29, 1.82) is 0 Å². The van der Waals surface area contributed by atoms with Gasteiger partial charge in [0, 0.05) is 39.4 Å². The third kappa shape index (κ3) is 5.66. The molecule has 0 bridgehead atoms. The number of methoxy groups -OCH3 is 3. The predicted molar refractivity (Wildman–Crippen MR) is 91.3 cm³/mol. The molecule has 6 heteroatoms. The first-order valence-corrected chi connectivity index (χ1v) is 7.95. The van der Waals surface area contributed by atoms with Crippen LogP contribution < -0.4 is 15.2 Å². The predicted octanol–water partition coefficient (Wildman–Crippen LogP) is 1.69. The van der Waals surface area contributed by atoms with Crippen LogP contribution in [0.1, 0.15) is 18.5 Å². The van der Waals surface area contributed by atoms with Crippen molar-refractivity contribution in [2.45, 2.75) is 13.0 Å². The fourth-order valence-corrected chi connectivity index (χ4v) is 2.57. The lowest BCUT2D eigenvalue weighted by Gasteiger charge is -2.32. The van der Waals surface area contributed by atoms with E-state index in [1.165, 1.54) is 0 Å². The van der Waals surface area contributed by atoms with Crippen LogP contribution in [0.3, 0.4) is 0 Å². The second-order valence-electron chi connectivity index (χ2n) is 5.08. The lowest BCUT2D eigenvalue weighted by atomic mass is 10.0. The zero-order valence-electron chi connectivity index (χ0n) is 14.7. The van der Waals surface area contributed by atoms with Gasteiger partial charge in [0.2, 0.25) is 0 Å². The maximum atomic E-state index is 6.09. The van der Waals surface area contributed by atoms with Crippen LogP contribution in [0.15, 0.2) is 18.2 Å². The number of benzene rings is 1. The summed E-state index contributed by atoms with van der Waals surface area (Å²) in [7, 11) is 5.04. The molecule has 0 aliphatic rings. The topological polar surface area (TPSA) is 66.2 Å². The summed E-state index contributed by atoms with van der Waals surface area (Å²) in [6, 6.07) is 5.91. The van der Waals surface area contributed by atoms with E-state index in [-0.39, 0.29) is 6.04 Å². The molecule has 1 unspecified atom stereocenters. The van der Waals surface area contributed by atoms with E-state index in [1.54, 1.807) is 21.3 Å². The molecule has 0 aliphatic heterocycles. The zero-order chi connectivity index (χ0) is 17.1. The van der Waals surface area contributed by atoms with Crippen molar-refractivity contribution < 1.29 is 18.9 Å². The molecule has 0 spiro atoms. The maximum absolute atomic E-state index is 6.09. The van der Waals surface area contributed by atoms with Crippen molar-refractivity contribution >= 4 is 0 Å². The van der Waals surface area contributed by atoms with Crippen LogP contribution in [0.25, 0.3) is 0 Å².